The van der Waals surface area contributed by atoms with Crippen molar-refractivity contribution in [3.05, 3.63) is 31.1 Å². The van der Waals surface area contributed by atoms with Gasteiger partial charge in [-0.25, -0.2) is 0 Å². The summed E-state index contributed by atoms with van der Waals surface area (Å²) in [7, 11) is 3.94. The number of rotatable bonds is 10. The van der Waals surface area contributed by atoms with Gasteiger partial charge in [0.25, 0.3) is 0 Å². The van der Waals surface area contributed by atoms with Gasteiger partial charge < -0.3 is 10.2 Å². The van der Waals surface area contributed by atoms with Crippen molar-refractivity contribution in [2.24, 2.45) is 10.9 Å². The van der Waals surface area contributed by atoms with Gasteiger partial charge in [-0.1, -0.05) is 19.4 Å². The van der Waals surface area contributed by atoms with E-state index in [0.717, 1.165) is 32.0 Å². The van der Waals surface area contributed by atoms with Gasteiger partial charge in [0.2, 0.25) is 0 Å². The van der Waals surface area contributed by atoms with Crippen LogP contribution in [0.2, 0.25) is 0 Å². The van der Waals surface area contributed by atoms with Crippen LogP contribution in [0.5, 0.6) is 0 Å². The first-order chi connectivity index (χ1) is 10.7. The van der Waals surface area contributed by atoms with E-state index in [4.69, 9.17) is 0 Å². The van der Waals surface area contributed by atoms with E-state index < -0.39 is 0 Å². The first-order valence-corrected chi connectivity index (χ1v) is 8.17. The van der Waals surface area contributed by atoms with Crippen LogP contribution in [0, 0.1) is 5.92 Å². The Labute approximate surface area is 158 Å². The number of halogens is 1. The molecule has 5 nitrogen and oxygen atoms in total. The van der Waals surface area contributed by atoms with Crippen molar-refractivity contribution >= 4 is 29.9 Å². The SMILES string of the molecule is C=CCCCCCN(C)C(=NC)NCC(C)Cn1cccn1.I. The van der Waals surface area contributed by atoms with Crippen LogP contribution < -0.4 is 5.32 Å². The van der Waals surface area contributed by atoms with Crippen LogP contribution >= 0.6 is 24.0 Å². The maximum Gasteiger partial charge on any atom is 0.193 e. The van der Waals surface area contributed by atoms with Gasteiger partial charge in [-0.2, -0.15) is 5.10 Å². The molecule has 1 unspecified atom stereocenters. The minimum atomic E-state index is 0. The number of allylic oxidation sites excluding steroid dienone is 1. The number of nitrogens with one attached hydrogen (secondary N) is 1. The topological polar surface area (TPSA) is 45.5 Å². The van der Waals surface area contributed by atoms with Gasteiger partial charge in [0.15, 0.2) is 5.96 Å². The molecule has 6 heteroatoms. The molecule has 1 aromatic heterocycles. The second kappa shape index (κ2) is 13.4. The number of nitrogens with zero attached hydrogens (tertiary/aromatic N) is 4. The normalized spacial score (nSPS) is 12.4. The van der Waals surface area contributed by atoms with Crippen molar-refractivity contribution < 1.29 is 0 Å². The Bertz CT molecular complexity index is 430. The van der Waals surface area contributed by atoms with Gasteiger partial charge in [-0.3, -0.25) is 9.67 Å². The lowest BCUT2D eigenvalue weighted by molar-refractivity contribution is 0.418. The van der Waals surface area contributed by atoms with Gasteiger partial charge in [-0.15, -0.1) is 30.6 Å². The highest BCUT2D eigenvalue weighted by molar-refractivity contribution is 14.0. The Morgan fingerprint density at radius 2 is 2.22 bits per heavy atom. The molecule has 1 rings (SSSR count). The quantitative estimate of drug-likeness (QED) is 0.202. The maximum atomic E-state index is 4.36. The summed E-state index contributed by atoms with van der Waals surface area (Å²) >= 11 is 0. The van der Waals surface area contributed by atoms with E-state index in [9.17, 15) is 0 Å². The van der Waals surface area contributed by atoms with Gasteiger partial charge in [0.1, 0.15) is 0 Å². The summed E-state index contributed by atoms with van der Waals surface area (Å²) in [6.07, 6.45) is 10.6. The highest BCUT2D eigenvalue weighted by Gasteiger charge is 2.08. The highest BCUT2D eigenvalue weighted by Crippen LogP contribution is 2.02. The van der Waals surface area contributed by atoms with Gasteiger partial charge in [0.05, 0.1) is 0 Å². The average Bonchev–Trinajstić information content (AvgIpc) is 3.00. The predicted molar refractivity (Wildman–Crippen MR) is 109 cm³/mol. The molecular formula is C17H32IN5. The van der Waals surface area contributed by atoms with Gasteiger partial charge >= 0.3 is 0 Å². The zero-order valence-corrected chi connectivity index (χ0v) is 17.1. The molecule has 0 bridgehead atoms. The Balaban J connectivity index is 0.00000484. The molecule has 132 valence electrons. The zero-order chi connectivity index (χ0) is 16.2. The number of aliphatic imine (C=N–C) groups is 1. The molecule has 0 radical (unpaired) electrons. The summed E-state index contributed by atoms with van der Waals surface area (Å²) in [4.78, 5) is 6.57. The lowest BCUT2D eigenvalue weighted by Gasteiger charge is -2.23. The van der Waals surface area contributed by atoms with E-state index in [0.29, 0.717) is 5.92 Å². The molecule has 0 saturated heterocycles. The van der Waals surface area contributed by atoms with E-state index in [1.807, 2.05) is 36.3 Å². The third kappa shape index (κ3) is 9.63. The minimum Gasteiger partial charge on any atom is -0.356 e. The number of unbranched alkanes of at least 4 members (excludes halogenated alkanes) is 3. The third-order valence-electron chi connectivity index (χ3n) is 3.64. The lowest BCUT2D eigenvalue weighted by Crippen LogP contribution is -2.41. The Kier molecular flexibility index (Phi) is 12.8. The zero-order valence-electron chi connectivity index (χ0n) is 14.7. The first-order valence-electron chi connectivity index (χ1n) is 8.17. The molecule has 0 aromatic carbocycles. The molecule has 1 heterocycles. The molecule has 0 aliphatic rings. The summed E-state index contributed by atoms with van der Waals surface area (Å²) in [5.74, 6) is 1.47. The van der Waals surface area contributed by atoms with Crippen molar-refractivity contribution in [2.75, 3.05) is 27.2 Å². The molecule has 1 atom stereocenters. The summed E-state index contributed by atoms with van der Waals surface area (Å²) in [5.41, 5.74) is 0. The number of guanidine groups is 1. The molecule has 0 amide bonds. The molecule has 0 aliphatic heterocycles. The second-order valence-corrected chi connectivity index (χ2v) is 5.82. The van der Waals surface area contributed by atoms with Crippen LogP contribution in [0.15, 0.2) is 36.1 Å². The summed E-state index contributed by atoms with van der Waals surface area (Å²) in [6, 6.07) is 1.96. The standard InChI is InChI=1S/C17H31N5.HI/c1-5-6-7-8-9-12-21(4)17(18-3)19-14-16(2)15-22-13-10-11-20-22;/h5,10-11,13,16H,1,6-9,12,14-15H2,2-4H3,(H,18,19);1H. The van der Waals surface area contributed by atoms with E-state index in [2.05, 4.69) is 40.9 Å². The van der Waals surface area contributed by atoms with Crippen molar-refractivity contribution in [3.63, 3.8) is 0 Å². The molecule has 0 fully saturated rings. The molecule has 0 spiro atoms. The van der Waals surface area contributed by atoms with Crippen LogP contribution in [0.25, 0.3) is 0 Å². The fourth-order valence-corrected chi connectivity index (χ4v) is 2.36. The van der Waals surface area contributed by atoms with Crippen LogP contribution in [0.4, 0.5) is 0 Å². The predicted octanol–water partition coefficient (Wildman–Crippen LogP) is 3.39. The Hall–Kier alpha value is -1.05. The third-order valence-corrected chi connectivity index (χ3v) is 3.64. The van der Waals surface area contributed by atoms with Crippen molar-refractivity contribution in [1.29, 1.82) is 0 Å². The van der Waals surface area contributed by atoms with E-state index in [-0.39, 0.29) is 24.0 Å². The van der Waals surface area contributed by atoms with Crippen LogP contribution in [-0.2, 0) is 6.54 Å². The van der Waals surface area contributed by atoms with Gasteiger partial charge in [0, 0.05) is 46.1 Å². The lowest BCUT2D eigenvalue weighted by atomic mass is 10.2. The molecule has 0 aliphatic carbocycles. The Morgan fingerprint density at radius 3 is 2.83 bits per heavy atom. The van der Waals surface area contributed by atoms with Crippen LogP contribution in [0.3, 0.4) is 0 Å². The van der Waals surface area contributed by atoms with Crippen LogP contribution in [-0.4, -0.2) is 47.8 Å². The summed E-state index contributed by atoms with van der Waals surface area (Å²) < 4.78 is 1.97. The van der Waals surface area contributed by atoms with Crippen LogP contribution in [0.1, 0.15) is 32.6 Å². The molecule has 0 saturated carbocycles. The number of aromatic nitrogens is 2. The van der Waals surface area contributed by atoms with Gasteiger partial charge in [-0.05, 0) is 31.2 Å². The fraction of sp³-hybridized carbons (Fsp3) is 0.647. The van der Waals surface area contributed by atoms with E-state index in [1.54, 1.807) is 0 Å². The van der Waals surface area contributed by atoms with Crippen molar-refractivity contribution in [1.82, 2.24) is 20.0 Å². The average molecular weight is 433 g/mol. The number of hydrogen-bond donors (Lipinski definition) is 1. The van der Waals surface area contributed by atoms with Crippen molar-refractivity contribution in [3.8, 4) is 0 Å². The first kappa shape index (κ1) is 21.9. The second-order valence-electron chi connectivity index (χ2n) is 5.82. The fourth-order valence-electron chi connectivity index (χ4n) is 2.36. The molecule has 23 heavy (non-hydrogen) atoms. The summed E-state index contributed by atoms with van der Waals surface area (Å²) in [6.45, 7) is 8.82. The van der Waals surface area contributed by atoms with E-state index in [1.165, 1.54) is 19.3 Å². The monoisotopic (exact) mass is 433 g/mol. The Morgan fingerprint density at radius 1 is 1.43 bits per heavy atom. The number of hydrogen-bond acceptors (Lipinski definition) is 2. The smallest absolute Gasteiger partial charge is 0.193 e. The van der Waals surface area contributed by atoms with Crippen molar-refractivity contribution in [2.45, 2.75) is 39.2 Å². The molecule has 1 aromatic rings. The highest BCUT2D eigenvalue weighted by atomic mass is 127. The van der Waals surface area contributed by atoms with E-state index >= 15 is 0 Å². The summed E-state index contributed by atoms with van der Waals surface area (Å²) in [5, 5.41) is 7.70. The largest absolute Gasteiger partial charge is 0.356 e. The molecule has 1 N–H and O–H groups in total. The minimum absolute atomic E-state index is 0. The maximum absolute atomic E-state index is 4.36. The molecular weight excluding hydrogens is 401 g/mol.